The summed E-state index contributed by atoms with van der Waals surface area (Å²) < 4.78 is 10.5. The van der Waals surface area contributed by atoms with Gasteiger partial charge in [0.1, 0.15) is 11.5 Å². The van der Waals surface area contributed by atoms with E-state index in [1.807, 2.05) is 26.0 Å². The second kappa shape index (κ2) is 7.05. The van der Waals surface area contributed by atoms with Crippen molar-refractivity contribution < 1.29 is 23.9 Å². The second-order valence-corrected chi connectivity index (χ2v) is 5.45. The molecule has 5 nitrogen and oxygen atoms in total. The van der Waals surface area contributed by atoms with Crippen molar-refractivity contribution in [2.45, 2.75) is 26.9 Å². The largest absolute Gasteiger partial charge is 0.490 e. The molecule has 0 saturated carbocycles. The van der Waals surface area contributed by atoms with E-state index >= 15 is 0 Å². The fourth-order valence-electron chi connectivity index (χ4n) is 2.15. The molecule has 1 aliphatic heterocycles. The highest BCUT2D eigenvalue weighted by Crippen LogP contribution is 2.22. The van der Waals surface area contributed by atoms with Crippen molar-refractivity contribution in [3.8, 4) is 5.75 Å². The van der Waals surface area contributed by atoms with Gasteiger partial charge in [-0.05, 0) is 39.0 Å². The molecular weight excluding hydrogens is 296 g/mol. The van der Waals surface area contributed by atoms with Gasteiger partial charge in [-0.1, -0.05) is 18.2 Å². The minimum Gasteiger partial charge on any atom is -0.490 e. The normalized spacial score (nSPS) is 18.1. The minimum atomic E-state index is -1.42. The second-order valence-electron chi connectivity index (χ2n) is 5.45. The van der Waals surface area contributed by atoms with Crippen LogP contribution in [0.4, 0.5) is 0 Å². The summed E-state index contributed by atoms with van der Waals surface area (Å²) in [6, 6.07) is 7.21. The molecule has 1 atom stereocenters. The maximum atomic E-state index is 12.2. The van der Waals surface area contributed by atoms with Crippen LogP contribution in [0.3, 0.4) is 0 Å². The first-order valence-corrected chi connectivity index (χ1v) is 7.30. The molecule has 2 rings (SSSR count). The van der Waals surface area contributed by atoms with Gasteiger partial charge in [0.25, 0.3) is 0 Å². The molecule has 0 fully saturated rings. The summed E-state index contributed by atoms with van der Waals surface area (Å²) in [6.45, 7) is 5.29. The lowest BCUT2D eigenvalue weighted by Crippen LogP contribution is -2.34. The van der Waals surface area contributed by atoms with Crippen LogP contribution in [0, 0.1) is 5.92 Å². The van der Waals surface area contributed by atoms with Gasteiger partial charge in [-0.15, -0.1) is 0 Å². The molecule has 23 heavy (non-hydrogen) atoms. The summed E-state index contributed by atoms with van der Waals surface area (Å²) in [5, 5.41) is 0. The number of esters is 1. The molecule has 0 aliphatic carbocycles. The predicted octanol–water partition coefficient (Wildman–Crippen LogP) is 2.70. The number of benzene rings is 1. The number of hydrogen-bond acceptors (Lipinski definition) is 5. The first-order valence-electron chi connectivity index (χ1n) is 7.30. The van der Waals surface area contributed by atoms with Crippen LogP contribution in [-0.4, -0.2) is 23.6 Å². The van der Waals surface area contributed by atoms with Gasteiger partial charge < -0.3 is 9.47 Å². The molecule has 1 aromatic carbocycles. The Morgan fingerprint density at radius 2 is 1.96 bits per heavy atom. The lowest BCUT2D eigenvalue weighted by molar-refractivity contribution is -0.151. The molecule has 5 heteroatoms. The van der Waals surface area contributed by atoms with E-state index < -0.39 is 23.5 Å². The summed E-state index contributed by atoms with van der Waals surface area (Å²) in [5.41, 5.74) is 0.692. The summed E-state index contributed by atoms with van der Waals surface area (Å²) in [4.78, 5) is 35.7. The van der Waals surface area contributed by atoms with Gasteiger partial charge in [0, 0.05) is 11.6 Å². The Labute approximate surface area is 134 Å². The van der Waals surface area contributed by atoms with E-state index in [1.165, 1.54) is 19.1 Å². The molecule has 1 unspecified atom stereocenters. The first kappa shape index (κ1) is 16.7. The Hall–Kier alpha value is -2.69. The molecular formula is C18H18O5. The Balaban J connectivity index is 2.19. The fourth-order valence-corrected chi connectivity index (χ4v) is 2.15. The van der Waals surface area contributed by atoms with Crippen LogP contribution in [0.15, 0.2) is 42.2 Å². The van der Waals surface area contributed by atoms with Gasteiger partial charge in [-0.25, -0.2) is 0 Å². The van der Waals surface area contributed by atoms with Crippen LogP contribution < -0.4 is 4.74 Å². The van der Waals surface area contributed by atoms with Crippen LogP contribution in [0.5, 0.6) is 5.75 Å². The SMILES string of the molecule is CC1=CC(=O)C(C(=O)/C=C/c2ccccc2OC(C)C)C(=O)O1. The van der Waals surface area contributed by atoms with E-state index in [-0.39, 0.29) is 11.9 Å². The third kappa shape index (κ3) is 4.16. The first-order chi connectivity index (χ1) is 10.9. The number of cyclic esters (lactones) is 1. The van der Waals surface area contributed by atoms with Crippen LogP contribution in [0.2, 0.25) is 0 Å². The quantitative estimate of drug-likeness (QED) is 0.475. The van der Waals surface area contributed by atoms with Crippen molar-refractivity contribution in [3.05, 3.63) is 47.7 Å². The zero-order valence-electron chi connectivity index (χ0n) is 13.2. The Morgan fingerprint density at radius 3 is 2.61 bits per heavy atom. The van der Waals surface area contributed by atoms with Crippen molar-refractivity contribution in [3.63, 3.8) is 0 Å². The highest BCUT2D eigenvalue weighted by Gasteiger charge is 2.36. The van der Waals surface area contributed by atoms with Gasteiger partial charge in [0.2, 0.25) is 0 Å². The van der Waals surface area contributed by atoms with Crippen LogP contribution in [0.25, 0.3) is 6.08 Å². The summed E-state index contributed by atoms with van der Waals surface area (Å²) in [6.07, 6.45) is 3.89. The summed E-state index contributed by atoms with van der Waals surface area (Å²) in [5.74, 6) is -2.60. The molecule has 0 N–H and O–H groups in total. The smallest absolute Gasteiger partial charge is 0.329 e. The number of allylic oxidation sites excluding steroid dienone is 3. The molecule has 0 bridgehead atoms. The zero-order valence-corrected chi connectivity index (χ0v) is 13.2. The molecule has 1 aliphatic rings. The number of ether oxygens (including phenoxy) is 2. The lowest BCUT2D eigenvalue weighted by Gasteiger charge is -2.16. The van der Waals surface area contributed by atoms with Gasteiger partial charge in [-0.2, -0.15) is 0 Å². The zero-order chi connectivity index (χ0) is 17.0. The molecule has 0 amide bonds. The molecule has 0 spiro atoms. The number of hydrogen-bond donors (Lipinski definition) is 0. The molecule has 120 valence electrons. The molecule has 1 heterocycles. The number of carbonyl (C=O) groups excluding carboxylic acids is 3. The van der Waals surface area contributed by atoms with E-state index in [2.05, 4.69) is 0 Å². The van der Waals surface area contributed by atoms with E-state index in [9.17, 15) is 14.4 Å². The fraction of sp³-hybridized carbons (Fsp3) is 0.278. The van der Waals surface area contributed by atoms with Gasteiger partial charge in [-0.3, -0.25) is 14.4 Å². The van der Waals surface area contributed by atoms with E-state index in [1.54, 1.807) is 12.1 Å². The van der Waals surface area contributed by atoms with Crippen molar-refractivity contribution in [2.75, 3.05) is 0 Å². The Bertz CT molecular complexity index is 697. The van der Waals surface area contributed by atoms with Crippen LogP contribution in [-0.2, 0) is 19.1 Å². The third-order valence-corrected chi connectivity index (χ3v) is 3.12. The van der Waals surface area contributed by atoms with Crippen molar-refractivity contribution in [2.24, 2.45) is 5.92 Å². The molecule has 0 aromatic heterocycles. The molecule has 1 aromatic rings. The Kier molecular flexibility index (Phi) is 5.11. The molecule has 0 saturated heterocycles. The summed E-state index contributed by atoms with van der Waals surface area (Å²) >= 11 is 0. The molecule has 0 radical (unpaired) electrons. The minimum absolute atomic E-state index is 0.0109. The van der Waals surface area contributed by atoms with Crippen molar-refractivity contribution in [1.82, 2.24) is 0 Å². The van der Waals surface area contributed by atoms with Gasteiger partial charge in [0.15, 0.2) is 17.5 Å². The highest BCUT2D eigenvalue weighted by atomic mass is 16.5. The van der Waals surface area contributed by atoms with Crippen LogP contribution >= 0.6 is 0 Å². The monoisotopic (exact) mass is 314 g/mol. The van der Waals surface area contributed by atoms with Crippen molar-refractivity contribution >= 4 is 23.6 Å². The number of para-hydroxylation sites is 1. The maximum absolute atomic E-state index is 12.2. The third-order valence-electron chi connectivity index (χ3n) is 3.12. The average Bonchev–Trinajstić information content (AvgIpc) is 2.44. The standard InChI is InChI=1S/C18H18O5/c1-11(2)22-16-7-5-4-6-13(16)8-9-14(19)17-15(20)10-12(3)23-18(17)21/h4-11,17H,1-3H3/b9-8+. The topological polar surface area (TPSA) is 69.7 Å². The highest BCUT2D eigenvalue weighted by molar-refractivity contribution is 6.25. The number of ketones is 2. The lowest BCUT2D eigenvalue weighted by atomic mass is 9.96. The van der Waals surface area contributed by atoms with E-state index in [0.717, 1.165) is 6.08 Å². The number of rotatable bonds is 5. The van der Waals surface area contributed by atoms with Crippen molar-refractivity contribution in [1.29, 1.82) is 0 Å². The predicted molar refractivity (Wildman–Crippen MR) is 84.6 cm³/mol. The van der Waals surface area contributed by atoms with E-state index in [0.29, 0.717) is 11.3 Å². The number of carbonyl (C=O) groups is 3. The average molecular weight is 314 g/mol. The van der Waals surface area contributed by atoms with Gasteiger partial charge >= 0.3 is 5.97 Å². The summed E-state index contributed by atoms with van der Waals surface area (Å²) in [7, 11) is 0. The maximum Gasteiger partial charge on any atom is 0.329 e. The van der Waals surface area contributed by atoms with Gasteiger partial charge in [0.05, 0.1) is 6.10 Å². The van der Waals surface area contributed by atoms with E-state index in [4.69, 9.17) is 9.47 Å². The Morgan fingerprint density at radius 1 is 1.26 bits per heavy atom. The van der Waals surface area contributed by atoms with Crippen LogP contribution in [0.1, 0.15) is 26.3 Å².